The number of methoxy groups -OCH3 is 1. The maximum atomic E-state index is 13.6. The number of carbonyl (C=O) groups is 1. The predicted octanol–water partition coefficient (Wildman–Crippen LogP) is 5.13. The van der Waals surface area contributed by atoms with Crippen LogP contribution in [0.2, 0.25) is 0 Å². The number of primary amides is 1. The first-order chi connectivity index (χ1) is 15.4. The van der Waals surface area contributed by atoms with Gasteiger partial charge in [0, 0.05) is 18.1 Å². The highest BCUT2D eigenvalue weighted by molar-refractivity contribution is 8.58. The molecular weight excluding hydrogens is 445 g/mol. The molecule has 1 amide bonds. The highest BCUT2D eigenvalue weighted by Crippen LogP contribution is 2.70. The number of carbonyl (C=O) groups excluding carboxylic acids is 1. The van der Waals surface area contributed by atoms with Crippen LogP contribution in [0.25, 0.3) is 0 Å². The summed E-state index contributed by atoms with van der Waals surface area (Å²) in [6.07, 6.45) is 0.814. The van der Waals surface area contributed by atoms with Gasteiger partial charge in [0.15, 0.2) is 6.34 Å². The second kappa shape index (κ2) is 11.3. The van der Waals surface area contributed by atoms with Crippen LogP contribution in [-0.4, -0.2) is 44.7 Å². The molecule has 1 saturated heterocycles. The lowest BCUT2D eigenvalue weighted by atomic mass is 9.98. The van der Waals surface area contributed by atoms with Crippen molar-refractivity contribution >= 4 is 23.6 Å². The van der Waals surface area contributed by atoms with Gasteiger partial charge in [-0.3, -0.25) is 4.79 Å². The van der Waals surface area contributed by atoms with E-state index < -0.39 is 17.4 Å². The van der Waals surface area contributed by atoms with Crippen molar-refractivity contribution in [3.05, 3.63) is 54.1 Å². The van der Waals surface area contributed by atoms with E-state index in [-0.39, 0.29) is 0 Å². The van der Waals surface area contributed by atoms with E-state index >= 15 is 0 Å². The Morgan fingerprint density at radius 2 is 1.84 bits per heavy atom. The molecule has 174 valence electrons. The fourth-order valence-corrected chi connectivity index (χ4v) is 9.04. The largest absolute Gasteiger partial charge is 0.497 e. The van der Waals surface area contributed by atoms with Crippen LogP contribution in [-0.2, 0) is 20.5 Å². The van der Waals surface area contributed by atoms with Crippen LogP contribution < -0.4 is 15.2 Å². The van der Waals surface area contributed by atoms with E-state index in [2.05, 4.69) is 12.1 Å². The van der Waals surface area contributed by atoms with Gasteiger partial charge in [-0.05, 0) is 80.7 Å². The summed E-state index contributed by atoms with van der Waals surface area (Å²) in [5.74, 6) is 1.16. The van der Waals surface area contributed by atoms with Gasteiger partial charge in [0.05, 0.1) is 13.7 Å². The second-order valence-electron chi connectivity index (χ2n) is 8.07. The number of benzene rings is 2. The van der Waals surface area contributed by atoms with Gasteiger partial charge >= 0.3 is 0 Å². The number of hydrogen-bond acceptors (Lipinski definition) is 6. The first-order valence-electron chi connectivity index (χ1n) is 10.9. The summed E-state index contributed by atoms with van der Waals surface area (Å²) >= 11 is 1.25. The van der Waals surface area contributed by atoms with Crippen LogP contribution in [0.4, 0.5) is 0 Å². The lowest BCUT2D eigenvalue weighted by Gasteiger charge is -2.38. The van der Waals surface area contributed by atoms with Crippen molar-refractivity contribution in [2.75, 3.05) is 33.6 Å². The summed E-state index contributed by atoms with van der Waals surface area (Å²) in [6, 6.07) is 15.7. The van der Waals surface area contributed by atoms with Gasteiger partial charge in [0.1, 0.15) is 16.7 Å². The Bertz CT molecular complexity index is 944. The zero-order valence-corrected chi connectivity index (χ0v) is 20.5. The molecule has 1 atom stereocenters. The number of hydrogen-bond donors (Lipinski definition) is 1. The lowest BCUT2D eigenvalue weighted by Crippen LogP contribution is -2.47. The van der Waals surface area contributed by atoms with E-state index in [4.69, 9.17) is 19.9 Å². The van der Waals surface area contributed by atoms with Crippen LogP contribution in [0.15, 0.2) is 53.4 Å². The number of aryl methyl sites for hydroxylation is 1. The smallest absolute Gasteiger partial charge is 0.232 e. The lowest BCUT2D eigenvalue weighted by molar-refractivity contribution is -0.122. The Morgan fingerprint density at radius 3 is 2.50 bits per heavy atom. The van der Waals surface area contributed by atoms with Gasteiger partial charge in [0.25, 0.3) is 0 Å². The number of ether oxygens (including phenoxy) is 3. The van der Waals surface area contributed by atoms with Gasteiger partial charge in [-0.25, -0.2) is 0 Å². The third-order valence-corrected chi connectivity index (χ3v) is 11.7. The first kappa shape index (κ1) is 24.7. The molecule has 1 fully saturated rings. The summed E-state index contributed by atoms with van der Waals surface area (Å²) in [5, 5.41) is -1.01. The molecule has 0 aliphatic carbocycles. The van der Waals surface area contributed by atoms with Gasteiger partial charge < -0.3 is 24.5 Å². The van der Waals surface area contributed by atoms with Crippen molar-refractivity contribution in [3.63, 3.8) is 0 Å². The standard InChI is InChI=1S/C24H32NO5PS/c1-28-21-8-5-7-19(18-21)6-3-4-15-30-20-9-11-22(12-10-20)32-31(2,27)24(23(25)26)13-16-29-17-14-24/h5,7-12,18H,3-4,6,13-17H2,1-2H3,(H2,25,26). The van der Waals surface area contributed by atoms with E-state index in [9.17, 15) is 9.36 Å². The third kappa shape index (κ3) is 6.09. The molecule has 1 unspecified atom stereocenters. The fourth-order valence-electron chi connectivity index (χ4n) is 3.90. The zero-order chi connectivity index (χ0) is 23.0. The molecule has 3 rings (SSSR count). The Kier molecular flexibility index (Phi) is 8.69. The first-order valence-corrected chi connectivity index (χ1v) is 14.4. The van der Waals surface area contributed by atoms with Crippen LogP contribution in [0.5, 0.6) is 11.5 Å². The van der Waals surface area contributed by atoms with E-state index in [0.29, 0.717) is 32.7 Å². The SMILES string of the molecule is COc1cccc(CCCCOc2ccc(SP(C)(=O)C3(C(N)=O)CCOCC3)cc2)c1. The van der Waals surface area contributed by atoms with Crippen molar-refractivity contribution in [1.82, 2.24) is 0 Å². The van der Waals surface area contributed by atoms with Crippen LogP contribution >= 0.6 is 17.7 Å². The van der Waals surface area contributed by atoms with Gasteiger partial charge in [-0.1, -0.05) is 23.5 Å². The number of nitrogens with two attached hydrogens (primary N) is 1. The molecule has 2 aromatic rings. The molecule has 1 heterocycles. The number of rotatable bonds is 11. The topological polar surface area (TPSA) is 87.9 Å². The summed E-state index contributed by atoms with van der Waals surface area (Å²) in [4.78, 5) is 13.1. The second-order valence-corrected chi connectivity index (χ2v) is 13.9. The average molecular weight is 478 g/mol. The molecule has 2 N–H and O–H groups in total. The molecule has 1 aliphatic heterocycles. The van der Waals surface area contributed by atoms with Gasteiger partial charge in [0.2, 0.25) is 5.91 Å². The number of amides is 1. The van der Waals surface area contributed by atoms with Crippen molar-refractivity contribution in [2.24, 2.45) is 5.73 Å². The van der Waals surface area contributed by atoms with Crippen molar-refractivity contribution in [3.8, 4) is 11.5 Å². The highest BCUT2D eigenvalue weighted by atomic mass is 32.7. The minimum absolute atomic E-state index is 0.403. The molecule has 32 heavy (non-hydrogen) atoms. The molecule has 2 aromatic carbocycles. The van der Waals surface area contributed by atoms with E-state index in [1.807, 2.05) is 36.4 Å². The third-order valence-electron chi connectivity index (χ3n) is 5.92. The highest BCUT2D eigenvalue weighted by Gasteiger charge is 2.51. The molecule has 0 saturated carbocycles. The quantitative estimate of drug-likeness (QED) is 0.357. The van der Waals surface area contributed by atoms with Crippen LogP contribution in [0.1, 0.15) is 31.2 Å². The Hall–Kier alpha value is -1.95. The maximum Gasteiger partial charge on any atom is 0.232 e. The summed E-state index contributed by atoms with van der Waals surface area (Å²) in [7, 11) is 1.68. The summed E-state index contributed by atoms with van der Waals surface area (Å²) in [6.45, 7) is 3.12. The molecular formula is C24H32NO5PS. The molecule has 0 bridgehead atoms. The Balaban J connectivity index is 1.48. The number of unbranched alkanes of at least 4 members (excludes halogenated alkanes) is 1. The van der Waals surface area contributed by atoms with Gasteiger partial charge in [-0.15, -0.1) is 0 Å². The van der Waals surface area contributed by atoms with E-state index in [1.54, 1.807) is 13.8 Å². The Labute approximate surface area is 194 Å². The molecule has 0 aromatic heterocycles. The average Bonchev–Trinajstić information content (AvgIpc) is 2.80. The van der Waals surface area contributed by atoms with E-state index in [0.717, 1.165) is 35.7 Å². The van der Waals surface area contributed by atoms with Crippen molar-refractivity contribution in [1.29, 1.82) is 0 Å². The minimum Gasteiger partial charge on any atom is -0.497 e. The molecule has 6 nitrogen and oxygen atoms in total. The molecule has 0 radical (unpaired) electrons. The van der Waals surface area contributed by atoms with Crippen LogP contribution in [0.3, 0.4) is 0 Å². The van der Waals surface area contributed by atoms with Gasteiger partial charge in [-0.2, -0.15) is 0 Å². The maximum absolute atomic E-state index is 13.6. The monoisotopic (exact) mass is 477 g/mol. The van der Waals surface area contributed by atoms with Crippen LogP contribution in [0, 0.1) is 0 Å². The van der Waals surface area contributed by atoms with Crippen molar-refractivity contribution < 1.29 is 23.6 Å². The summed E-state index contributed by atoms with van der Waals surface area (Å²) in [5.41, 5.74) is 6.95. The fraction of sp³-hybridized carbons (Fsp3) is 0.458. The zero-order valence-electron chi connectivity index (χ0n) is 18.7. The summed E-state index contributed by atoms with van der Waals surface area (Å²) < 4.78 is 30.0. The Morgan fingerprint density at radius 1 is 1.12 bits per heavy atom. The minimum atomic E-state index is -2.95. The molecule has 1 aliphatic rings. The molecule has 0 spiro atoms. The molecule has 8 heteroatoms. The van der Waals surface area contributed by atoms with Crippen molar-refractivity contribution in [2.45, 2.75) is 42.2 Å². The normalized spacial score (nSPS) is 17.3. The predicted molar refractivity (Wildman–Crippen MR) is 129 cm³/mol. The van der Waals surface area contributed by atoms with E-state index in [1.165, 1.54) is 16.9 Å².